The van der Waals surface area contributed by atoms with E-state index in [1.54, 1.807) is 22.9 Å². The third-order valence-electron chi connectivity index (χ3n) is 5.65. The van der Waals surface area contributed by atoms with Crippen LogP contribution in [0.15, 0.2) is 30.5 Å². The highest BCUT2D eigenvalue weighted by molar-refractivity contribution is 6.08. The normalized spacial score (nSPS) is 16.6. The first-order valence-electron chi connectivity index (χ1n) is 10.7. The van der Waals surface area contributed by atoms with E-state index in [1.165, 1.54) is 0 Å². The Morgan fingerprint density at radius 3 is 2.69 bits per heavy atom. The minimum Gasteiger partial charge on any atom is -0.493 e. The standard InChI is InChI=1S/C22H29N7O2.ClH/c1-5-28-9-10-29(13-15(28)3)21-8-7-20(24-25-21)23-22(30)17-11-16-14-27(4)26-18(16)12-19(17)31-6-2;/h7-8,11-12,14-15H,5-6,9-10,13H2,1-4H3,(H,23,24,30);1H. The van der Waals surface area contributed by atoms with Gasteiger partial charge in [-0.05, 0) is 38.6 Å². The number of nitrogens with one attached hydrogen (secondary N) is 1. The molecular weight excluding hydrogens is 430 g/mol. The van der Waals surface area contributed by atoms with Gasteiger partial charge in [0.2, 0.25) is 0 Å². The summed E-state index contributed by atoms with van der Waals surface area (Å²) >= 11 is 0. The van der Waals surface area contributed by atoms with Gasteiger partial charge in [-0.1, -0.05) is 6.92 Å². The first-order valence-corrected chi connectivity index (χ1v) is 10.7. The summed E-state index contributed by atoms with van der Waals surface area (Å²) in [5.41, 5.74) is 1.22. The van der Waals surface area contributed by atoms with Crippen LogP contribution >= 0.6 is 12.4 Å². The monoisotopic (exact) mass is 459 g/mol. The Labute approximate surface area is 194 Å². The van der Waals surface area contributed by atoms with Crippen molar-refractivity contribution < 1.29 is 9.53 Å². The van der Waals surface area contributed by atoms with Crippen molar-refractivity contribution in [3.8, 4) is 5.75 Å². The quantitative estimate of drug-likeness (QED) is 0.606. The van der Waals surface area contributed by atoms with Crippen LogP contribution in [0.2, 0.25) is 0 Å². The Balaban J connectivity index is 0.00000289. The molecule has 1 atom stereocenters. The number of amides is 1. The highest BCUT2D eigenvalue weighted by Gasteiger charge is 2.23. The maximum Gasteiger partial charge on any atom is 0.260 e. The predicted octanol–water partition coefficient (Wildman–Crippen LogP) is 2.97. The van der Waals surface area contributed by atoms with E-state index < -0.39 is 0 Å². The molecule has 3 aromatic rings. The molecule has 0 bridgehead atoms. The third-order valence-corrected chi connectivity index (χ3v) is 5.65. The van der Waals surface area contributed by atoms with Crippen LogP contribution in [0.5, 0.6) is 5.75 Å². The molecule has 9 nitrogen and oxygen atoms in total. The number of fused-ring (bicyclic) bond motifs is 1. The summed E-state index contributed by atoms with van der Waals surface area (Å²) in [6.45, 7) is 10.7. The summed E-state index contributed by atoms with van der Waals surface area (Å²) in [5.74, 6) is 1.44. The molecule has 2 aromatic heterocycles. The first-order chi connectivity index (χ1) is 15.0. The average Bonchev–Trinajstić information content (AvgIpc) is 3.12. The van der Waals surface area contributed by atoms with E-state index in [0.29, 0.717) is 29.8 Å². The van der Waals surface area contributed by atoms with E-state index in [-0.39, 0.29) is 18.3 Å². The second-order valence-corrected chi connectivity index (χ2v) is 7.80. The topological polar surface area (TPSA) is 88.4 Å². The van der Waals surface area contributed by atoms with Crippen LogP contribution < -0.4 is 15.0 Å². The lowest BCUT2D eigenvalue weighted by Gasteiger charge is -2.39. The van der Waals surface area contributed by atoms with Crippen LogP contribution in [0.4, 0.5) is 11.6 Å². The van der Waals surface area contributed by atoms with Crippen molar-refractivity contribution in [2.24, 2.45) is 7.05 Å². The van der Waals surface area contributed by atoms with Gasteiger partial charge in [0.05, 0.1) is 17.7 Å². The molecule has 32 heavy (non-hydrogen) atoms. The Kier molecular flexibility index (Phi) is 7.52. The number of rotatable bonds is 6. The second kappa shape index (κ2) is 10.1. The van der Waals surface area contributed by atoms with Crippen molar-refractivity contribution in [3.05, 3.63) is 36.0 Å². The highest BCUT2D eigenvalue weighted by Crippen LogP contribution is 2.26. The molecule has 0 saturated carbocycles. The number of anilines is 2. The molecule has 1 unspecified atom stereocenters. The van der Waals surface area contributed by atoms with Gasteiger partial charge in [-0.25, -0.2) is 0 Å². The van der Waals surface area contributed by atoms with Crippen LogP contribution in [0.25, 0.3) is 10.9 Å². The van der Waals surface area contributed by atoms with E-state index in [9.17, 15) is 4.79 Å². The fourth-order valence-electron chi connectivity index (χ4n) is 4.05. The van der Waals surface area contributed by atoms with Crippen LogP contribution in [0.1, 0.15) is 31.1 Å². The van der Waals surface area contributed by atoms with Gasteiger partial charge in [-0.2, -0.15) is 5.10 Å². The second-order valence-electron chi connectivity index (χ2n) is 7.80. The maximum absolute atomic E-state index is 13.0. The lowest BCUT2D eigenvalue weighted by Crippen LogP contribution is -2.52. The fraction of sp³-hybridized carbons (Fsp3) is 0.455. The summed E-state index contributed by atoms with van der Waals surface area (Å²) in [5, 5.41) is 16.7. The Morgan fingerprint density at radius 1 is 1.22 bits per heavy atom. The number of aromatic nitrogens is 4. The number of hydrogen-bond donors (Lipinski definition) is 1. The molecule has 1 N–H and O–H groups in total. The number of halogens is 1. The van der Waals surface area contributed by atoms with Crippen LogP contribution in [0.3, 0.4) is 0 Å². The molecule has 1 aliphatic rings. The van der Waals surface area contributed by atoms with Crippen molar-refractivity contribution in [2.45, 2.75) is 26.8 Å². The van der Waals surface area contributed by atoms with Gasteiger partial charge in [-0.15, -0.1) is 22.6 Å². The molecule has 0 radical (unpaired) electrons. The average molecular weight is 460 g/mol. The molecule has 1 aromatic carbocycles. The molecule has 3 heterocycles. The minimum absolute atomic E-state index is 0. The Hall–Kier alpha value is -2.91. The molecule has 4 rings (SSSR count). The lowest BCUT2D eigenvalue weighted by atomic mass is 10.1. The number of nitrogens with zero attached hydrogens (tertiary/aromatic N) is 6. The number of piperazine rings is 1. The summed E-state index contributed by atoms with van der Waals surface area (Å²) in [6, 6.07) is 7.75. The SMILES string of the molecule is CCOc1cc2nn(C)cc2cc1C(=O)Nc1ccc(N2CCN(CC)C(C)C2)nn1.Cl. The number of hydrogen-bond acceptors (Lipinski definition) is 7. The number of carbonyl (C=O) groups excluding carboxylic acids is 1. The van der Waals surface area contributed by atoms with Gasteiger partial charge in [-0.3, -0.25) is 14.4 Å². The van der Waals surface area contributed by atoms with E-state index in [1.807, 2.05) is 26.2 Å². The van der Waals surface area contributed by atoms with Crippen molar-refractivity contribution in [1.29, 1.82) is 0 Å². The van der Waals surface area contributed by atoms with E-state index in [4.69, 9.17) is 4.74 Å². The third kappa shape index (κ3) is 4.94. The summed E-state index contributed by atoms with van der Waals surface area (Å²) in [7, 11) is 1.85. The van der Waals surface area contributed by atoms with Crippen molar-refractivity contribution in [2.75, 3.05) is 43.0 Å². The Morgan fingerprint density at radius 2 is 2.03 bits per heavy atom. The lowest BCUT2D eigenvalue weighted by molar-refractivity contribution is 0.102. The van der Waals surface area contributed by atoms with E-state index >= 15 is 0 Å². The number of ether oxygens (including phenoxy) is 1. The van der Waals surface area contributed by atoms with Crippen LogP contribution in [-0.4, -0.2) is 69.6 Å². The molecule has 0 aliphatic carbocycles. The molecule has 10 heteroatoms. The zero-order chi connectivity index (χ0) is 22.0. The first kappa shape index (κ1) is 23.7. The number of carbonyl (C=O) groups is 1. The zero-order valence-electron chi connectivity index (χ0n) is 18.9. The van der Waals surface area contributed by atoms with Gasteiger partial charge in [0.25, 0.3) is 5.91 Å². The summed E-state index contributed by atoms with van der Waals surface area (Å²) in [6.07, 6.45) is 1.87. The largest absolute Gasteiger partial charge is 0.493 e. The molecule has 0 spiro atoms. The number of aryl methyl sites for hydroxylation is 1. The van der Waals surface area contributed by atoms with Crippen molar-refractivity contribution >= 4 is 40.9 Å². The highest BCUT2D eigenvalue weighted by atomic mass is 35.5. The smallest absolute Gasteiger partial charge is 0.260 e. The number of benzene rings is 1. The van der Waals surface area contributed by atoms with Gasteiger partial charge in [0.15, 0.2) is 11.6 Å². The molecule has 1 amide bonds. The molecule has 1 aliphatic heterocycles. The molecule has 172 valence electrons. The van der Waals surface area contributed by atoms with E-state index in [0.717, 1.165) is 42.9 Å². The van der Waals surface area contributed by atoms with Crippen LogP contribution in [-0.2, 0) is 7.05 Å². The zero-order valence-corrected chi connectivity index (χ0v) is 19.7. The summed E-state index contributed by atoms with van der Waals surface area (Å²) < 4.78 is 7.40. The van der Waals surface area contributed by atoms with Gasteiger partial charge in [0, 0.05) is 50.4 Å². The maximum atomic E-state index is 13.0. The number of likely N-dealkylation sites (N-methyl/N-ethyl adjacent to an activating group) is 1. The van der Waals surface area contributed by atoms with Crippen molar-refractivity contribution in [1.82, 2.24) is 24.9 Å². The Bertz CT molecular complexity index is 1070. The molecule has 1 fully saturated rings. The summed E-state index contributed by atoms with van der Waals surface area (Å²) in [4.78, 5) is 17.6. The van der Waals surface area contributed by atoms with Crippen LogP contribution in [0, 0.1) is 0 Å². The van der Waals surface area contributed by atoms with Gasteiger partial charge in [0.1, 0.15) is 5.75 Å². The van der Waals surface area contributed by atoms with Gasteiger partial charge >= 0.3 is 0 Å². The molecular formula is C22H30ClN7O2. The molecule has 1 saturated heterocycles. The van der Waals surface area contributed by atoms with E-state index in [2.05, 4.69) is 44.3 Å². The fourth-order valence-corrected chi connectivity index (χ4v) is 4.05. The minimum atomic E-state index is -0.290. The van der Waals surface area contributed by atoms with Crippen molar-refractivity contribution in [3.63, 3.8) is 0 Å². The predicted molar refractivity (Wildman–Crippen MR) is 128 cm³/mol. The van der Waals surface area contributed by atoms with Gasteiger partial charge < -0.3 is 15.0 Å².